The quantitative estimate of drug-likeness (QED) is 0.827. The zero-order chi connectivity index (χ0) is 15.4. The van der Waals surface area contributed by atoms with Crippen molar-refractivity contribution in [1.29, 1.82) is 0 Å². The Labute approximate surface area is 141 Å². The summed E-state index contributed by atoms with van der Waals surface area (Å²) in [6, 6.07) is 5.56. The predicted octanol–water partition coefficient (Wildman–Crippen LogP) is 4.02. The van der Waals surface area contributed by atoms with Gasteiger partial charge in [-0.3, -0.25) is 9.91 Å². The molecule has 0 saturated carbocycles. The molecule has 1 saturated heterocycles. The zero-order valence-corrected chi connectivity index (χ0v) is 14.1. The summed E-state index contributed by atoms with van der Waals surface area (Å²) in [6.07, 6.45) is 4.82. The van der Waals surface area contributed by atoms with Gasteiger partial charge < -0.3 is 4.74 Å². The van der Waals surface area contributed by atoms with Gasteiger partial charge in [0.05, 0.1) is 22.3 Å². The Balaban J connectivity index is 1.49. The molecule has 0 aromatic heterocycles. The Hall–Kier alpha value is -0.970. The van der Waals surface area contributed by atoms with Crippen molar-refractivity contribution in [3.05, 3.63) is 28.2 Å². The van der Waals surface area contributed by atoms with E-state index in [1.165, 1.54) is 32.4 Å². The minimum Gasteiger partial charge on any atom is -0.478 e. The number of hydrogen-bond donors (Lipinski definition) is 0. The molecule has 1 aromatic carbocycles. The zero-order valence-electron chi connectivity index (χ0n) is 12.6. The van der Waals surface area contributed by atoms with Gasteiger partial charge in [0.25, 0.3) is 0 Å². The van der Waals surface area contributed by atoms with Crippen LogP contribution in [-0.2, 0) is 4.74 Å². The van der Waals surface area contributed by atoms with Gasteiger partial charge in [-0.15, -0.1) is 5.10 Å². The molecule has 0 N–H and O–H groups in total. The summed E-state index contributed by atoms with van der Waals surface area (Å²) in [6.45, 7) is 4.92. The molecule has 1 aromatic rings. The van der Waals surface area contributed by atoms with Gasteiger partial charge in [0.2, 0.25) is 5.90 Å². The first-order chi connectivity index (χ1) is 10.7. The normalized spacial score (nSPS) is 19.4. The molecule has 22 heavy (non-hydrogen) atoms. The maximum Gasteiger partial charge on any atom is 0.208 e. The van der Waals surface area contributed by atoms with Crippen molar-refractivity contribution in [2.75, 3.05) is 37.8 Å². The van der Waals surface area contributed by atoms with E-state index >= 15 is 0 Å². The highest BCUT2D eigenvalue weighted by Crippen LogP contribution is 2.28. The molecule has 4 nitrogen and oxygen atoms in total. The number of piperidine rings is 1. The van der Waals surface area contributed by atoms with E-state index in [2.05, 4.69) is 10.0 Å². The SMILES string of the molecule is Clc1ccc(N2CCC(OCCN3CCCCC3)=N2)cc1Cl. The lowest BCUT2D eigenvalue weighted by Crippen LogP contribution is -2.33. The van der Waals surface area contributed by atoms with E-state index in [-0.39, 0.29) is 0 Å². The molecular weight excluding hydrogens is 321 g/mol. The second-order valence-corrected chi connectivity index (χ2v) is 6.53. The van der Waals surface area contributed by atoms with Gasteiger partial charge >= 0.3 is 0 Å². The molecule has 0 amide bonds. The number of anilines is 1. The lowest BCUT2D eigenvalue weighted by atomic mass is 10.1. The Kier molecular flexibility index (Phi) is 5.45. The highest BCUT2D eigenvalue weighted by atomic mass is 35.5. The molecule has 0 bridgehead atoms. The first kappa shape index (κ1) is 15.9. The molecule has 0 atom stereocenters. The molecule has 2 aliphatic rings. The number of hydrogen-bond acceptors (Lipinski definition) is 4. The molecule has 0 aliphatic carbocycles. The van der Waals surface area contributed by atoms with Crippen molar-refractivity contribution < 1.29 is 4.74 Å². The molecule has 2 heterocycles. The number of hydrazone groups is 1. The van der Waals surface area contributed by atoms with Crippen LogP contribution in [0.15, 0.2) is 23.3 Å². The maximum absolute atomic E-state index is 6.05. The fourth-order valence-corrected chi connectivity index (χ4v) is 3.14. The van der Waals surface area contributed by atoms with Crippen LogP contribution in [0.4, 0.5) is 5.69 Å². The minimum atomic E-state index is 0.550. The fourth-order valence-electron chi connectivity index (χ4n) is 2.85. The van der Waals surface area contributed by atoms with E-state index in [1.54, 1.807) is 6.07 Å². The summed E-state index contributed by atoms with van der Waals surface area (Å²) in [5, 5.41) is 7.55. The Morgan fingerprint density at radius 1 is 1.05 bits per heavy atom. The van der Waals surface area contributed by atoms with E-state index in [9.17, 15) is 0 Å². The number of ether oxygens (including phenoxy) is 1. The Morgan fingerprint density at radius 3 is 2.64 bits per heavy atom. The third-order valence-corrected chi connectivity index (χ3v) is 4.83. The third-order valence-electron chi connectivity index (χ3n) is 4.10. The number of halogens is 2. The highest BCUT2D eigenvalue weighted by Gasteiger charge is 2.18. The molecule has 6 heteroatoms. The summed E-state index contributed by atoms with van der Waals surface area (Å²) < 4.78 is 5.82. The smallest absolute Gasteiger partial charge is 0.208 e. The van der Waals surface area contributed by atoms with E-state index < -0.39 is 0 Å². The first-order valence-electron chi connectivity index (χ1n) is 7.87. The van der Waals surface area contributed by atoms with Crippen LogP contribution in [0.3, 0.4) is 0 Å². The van der Waals surface area contributed by atoms with Crippen molar-refractivity contribution in [2.45, 2.75) is 25.7 Å². The summed E-state index contributed by atoms with van der Waals surface area (Å²) in [7, 11) is 0. The topological polar surface area (TPSA) is 28.1 Å². The van der Waals surface area contributed by atoms with E-state index in [4.69, 9.17) is 27.9 Å². The molecular formula is C16H21Cl2N3O. The van der Waals surface area contributed by atoms with E-state index in [0.717, 1.165) is 31.1 Å². The summed E-state index contributed by atoms with van der Waals surface area (Å²) in [5.41, 5.74) is 0.948. The average Bonchev–Trinajstić information content (AvgIpc) is 3.00. The molecule has 0 spiro atoms. The molecule has 0 unspecified atom stereocenters. The second kappa shape index (κ2) is 7.53. The van der Waals surface area contributed by atoms with Crippen LogP contribution >= 0.6 is 23.2 Å². The van der Waals surface area contributed by atoms with Gasteiger partial charge in [-0.25, -0.2) is 0 Å². The van der Waals surface area contributed by atoms with Gasteiger partial charge in [-0.2, -0.15) is 0 Å². The average molecular weight is 342 g/mol. The van der Waals surface area contributed by atoms with Crippen LogP contribution in [0.1, 0.15) is 25.7 Å². The molecule has 2 aliphatic heterocycles. The number of nitrogens with zero attached hydrogens (tertiary/aromatic N) is 3. The van der Waals surface area contributed by atoms with Crippen LogP contribution in [0.2, 0.25) is 10.0 Å². The summed E-state index contributed by atoms with van der Waals surface area (Å²) in [5.74, 6) is 0.808. The van der Waals surface area contributed by atoms with Crippen molar-refractivity contribution in [3.63, 3.8) is 0 Å². The van der Waals surface area contributed by atoms with Crippen molar-refractivity contribution in [2.24, 2.45) is 5.10 Å². The van der Waals surface area contributed by atoms with Crippen LogP contribution in [-0.4, -0.2) is 43.6 Å². The standard InChI is InChI=1S/C16H21Cl2N3O/c17-14-5-4-13(12-15(14)18)21-9-6-16(19-21)22-11-10-20-7-2-1-3-8-20/h4-5,12H,1-3,6-11H2. The third kappa shape index (κ3) is 4.06. The van der Waals surface area contributed by atoms with Gasteiger partial charge in [-0.1, -0.05) is 29.6 Å². The van der Waals surface area contributed by atoms with Gasteiger partial charge in [0, 0.05) is 13.0 Å². The lowest BCUT2D eigenvalue weighted by Gasteiger charge is -2.26. The highest BCUT2D eigenvalue weighted by molar-refractivity contribution is 6.42. The lowest BCUT2D eigenvalue weighted by molar-refractivity contribution is 0.177. The summed E-state index contributed by atoms with van der Waals surface area (Å²) in [4.78, 5) is 2.47. The van der Waals surface area contributed by atoms with Gasteiger partial charge in [0.15, 0.2) is 0 Å². The number of likely N-dealkylation sites (tertiary alicyclic amines) is 1. The van der Waals surface area contributed by atoms with E-state index in [1.807, 2.05) is 17.1 Å². The second-order valence-electron chi connectivity index (χ2n) is 5.72. The molecule has 0 radical (unpaired) electrons. The molecule has 1 fully saturated rings. The number of benzene rings is 1. The monoisotopic (exact) mass is 341 g/mol. The maximum atomic E-state index is 6.05. The summed E-state index contributed by atoms with van der Waals surface area (Å²) >= 11 is 12.0. The van der Waals surface area contributed by atoms with Crippen LogP contribution in [0.25, 0.3) is 0 Å². The Morgan fingerprint density at radius 2 is 1.86 bits per heavy atom. The number of rotatable bonds is 4. The largest absolute Gasteiger partial charge is 0.478 e. The van der Waals surface area contributed by atoms with Crippen LogP contribution in [0.5, 0.6) is 0 Å². The predicted molar refractivity (Wildman–Crippen MR) is 92.1 cm³/mol. The minimum absolute atomic E-state index is 0.550. The van der Waals surface area contributed by atoms with Gasteiger partial charge in [-0.05, 0) is 44.1 Å². The van der Waals surface area contributed by atoms with Crippen molar-refractivity contribution >= 4 is 34.8 Å². The van der Waals surface area contributed by atoms with Crippen molar-refractivity contribution in [1.82, 2.24) is 4.90 Å². The van der Waals surface area contributed by atoms with Gasteiger partial charge in [0.1, 0.15) is 6.61 Å². The van der Waals surface area contributed by atoms with E-state index in [0.29, 0.717) is 16.7 Å². The van der Waals surface area contributed by atoms with Crippen LogP contribution in [0, 0.1) is 0 Å². The fraction of sp³-hybridized carbons (Fsp3) is 0.562. The first-order valence-corrected chi connectivity index (χ1v) is 8.63. The van der Waals surface area contributed by atoms with Crippen LogP contribution < -0.4 is 5.01 Å². The molecule has 3 rings (SSSR count). The Bertz CT molecular complexity index is 544. The molecule has 120 valence electrons. The van der Waals surface area contributed by atoms with Crippen molar-refractivity contribution in [3.8, 4) is 0 Å².